The molecule has 1 saturated heterocycles. The molecule has 7 heteroatoms. The van der Waals surface area contributed by atoms with Gasteiger partial charge in [0, 0.05) is 43.7 Å². The number of amides is 1. The fourth-order valence-electron chi connectivity index (χ4n) is 4.17. The predicted molar refractivity (Wildman–Crippen MR) is 124 cm³/mol. The summed E-state index contributed by atoms with van der Waals surface area (Å²) in [7, 11) is 0. The van der Waals surface area contributed by atoms with E-state index in [1.807, 2.05) is 30.2 Å². The molecule has 1 amide bonds. The van der Waals surface area contributed by atoms with Crippen LogP contribution in [0.1, 0.15) is 33.6 Å². The maximum Gasteiger partial charge on any atom is 0.260 e. The Morgan fingerprint density at radius 1 is 1.09 bits per heavy atom. The Morgan fingerprint density at radius 2 is 1.91 bits per heavy atom. The van der Waals surface area contributed by atoms with Gasteiger partial charge >= 0.3 is 0 Å². The number of carbonyl (C=O) groups excluding carboxylic acids is 1. The second-order valence-electron chi connectivity index (χ2n) is 8.23. The average Bonchev–Trinajstić information content (AvgIpc) is 3.41. The summed E-state index contributed by atoms with van der Waals surface area (Å²) in [5.41, 5.74) is 5.94. The van der Waals surface area contributed by atoms with Crippen LogP contribution in [0.3, 0.4) is 0 Å². The van der Waals surface area contributed by atoms with Crippen molar-refractivity contribution in [1.29, 1.82) is 0 Å². The van der Waals surface area contributed by atoms with Crippen molar-refractivity contribution in [2.24, 2.45) is 5.92 Å². The molecule has 2 aliphatic rings. The molecule has 1 fully saturated rings. The Balaban J connectivity index is 0.00000245. The van der Waals surface area contributed by atoms with Crippen molar-refractivity contribution < 1.29 is 14.3 Å². The van der Waals surface area contributed by atoms with E-state index in [2.05, 4.69) is 40.3 Å². The van der Waals surface area contributed by atoms with Crippen molar-refractivity contribution in [3.8, 4) is 17.0 Å². The molecule has 0 radical (unpaired) electrons. The van der Waals surface area contributed by atoms with Gasteiger partial charge in [-0.15, -0.1) is 12.4 Å². The summed E-state index contributed by atoms with van der Waals surface area (Å²) in [4.78, 5) is 23.6. The summed E-state index contributed by atoms with van der Waals surface area (Å²) in [6.45, 7) is 5.14. The van der Waals surface area contributed by atoms with E-state index in [0.29, 0.717) is 43.7 Å². The van der Waals surface area contributed by atoms with Crippen LogP contribution in [0.25, 0.3) is 11.1 Å². The molecule has 2 aliphatic heterocycles. The number of rotatable bonds is 6. The summed E-state index contributed by atoms with van der Waals surface area (Å²) in [6.07, 6.45) is 4.54. The Labute approximate surface area is 194 Å². The number of halogens is 1. The third-order valence-corrected chi connectivity index (χ3v) is 5.90. The van der Waals surface area contributed by atoms with E-state index < -0.39 is 0 Å². The zero-order valence-corrected chi connectivity index (χ0v) is 18.8. The van der Waals surface area contributed by atoms with Gasteiger partial charge in [-0.25, -0.2) is 4.98 Å². The van der Waals surface area contributed by atoms with Crippen LogP contribution in [-0.2, 0) is 17.8 Å². The van der Waals surface area contributed by atoms with E-state index in [1.54, 1.807) is 6.20 Å². The van der Waals surface area contributed by atoms with Crippen molar-refractivity contribution in [1.82, 2.24) is 14.9 Å². The molecule has 32 heavy (non-hydrogen) atoms. The molecule has 1 aromatic carbocycles. The number of fused-ring (bicyclic) bond motifs is 1. The highest BCUT2D eigenvalue weighted by Gasteiger charge is 2.32. The topological polar surface area (TPSA) is 64.6 Å². The highest BCUT2D eigenvalue weighted by molar-refractivity contribution is 6.00. The van der Waals surface area contributed by atoms with Crippen molar-refractivity contribution in [3.05, 3.63) is 77.2 Å². The molecule has 4 heterocycles. The largest absolute Gasteiger partial charge is 0.477 e. The van der Waals surface area contributed by atoms with Gasteiger partial charge in [0.1, 0.15) is 5.56 Å². The molecule has 0 aliphatic carbocycles. The maximum absolute atomic E-state index is 13.1. The standard InChI is InChI=1S/C25H25N3O3.ClH/c1-17-12-21(6-9-26-17)20-4-2-18(3-5-20)13-28-14-22-7-10-27-24(23(22)25(28)29)31-16-19-8-11-30-15-19;/h2-7,9-10,12,19H,8,11,13-16H2,1H3;1H. The number of nitrogens with zero attached hydrogens (tertiary/aromatic N) is 3. The van der Waals surface area contributed by atoms with Gasteiger partial charge in [0.25, 0.3) is 5.91 Å². The van der Waals surface area contributed by atoms with Gasteiger partial charge < -0.3 is 14.4 Å². The SMILES string of the molecule is Cc1cc(-c2ccc(CN3Cc4ccnc(OCC5CCOC5)c4C3=O)cc2)ccn1.Cl. The highest BCUT2D eigenvalue weighted by Crippen LogP contribution is 2.31. The number of hydrogen-bond donors (Lipinski definition) is 0. The molecular weight excluding hydrogens is 426 g/mol. The molecule has 0 bridgehead atoms. The van der Waals surface area contributed by atoms with Crippen LogP contribution in [-0.4, -0.2) is 40.6 Å². The van der Waals surface area contributed by atoms with E-state index in [9.17, 15) is 4.79 Å². The highest BCUT2D eigenvalue weighted by atomic mass is 35.5. The summed E-state index contributed by atoms with van der Waals surface area (Å²) < 4.78 is 11.3. The molecule has 1 unspecified atom stereocenters. The van der Waals surface area contributed by atoms with Gasteiger partial charge in [-0.05, 0) is 53.8 Å². The summed E-state index contributed by atoms with van der Waals surface area (Å²) in [5, 5.41) is 0. The van der Waals surface area contributed by atoms with Gasteiger partial charge in [-0.3, -0.25) is 9.78 Å². The second-order valence-corrected chi connectivity index (χ2v) is 8.23. The lowest BCUT2D eigenvalue weighted by molar-refractivity contribution is 0.0762. The number of aryl methyl sites for hydroxylation is 1. The van der Waals surface area contributed by atoms with E-state index in [0.717, 1.165) is 41.0 Å². The first kappa shape index (κ1) is 22.2. The van der Waals surface area contributed by atoms with Crippen LogP contribution >= 0.6 is 12.4 Å². The minimum absolute atomic E-state index is 0. The number of pyridine rings is 2. The normalized spacial score (nSPS) is 17.2. The second kappa shape index (κ2) is 9.67. The van der Waals surface area contributed by atoms with E-state index in [1.165, 1.54) is 0 Å². The van der Waals surface area contributed by atoms with Crippen molar-refractivity contribution >= 4 is 18.3 Å². The Bertz CT molecular complexity index is 1100. The smallest absolute Gasteiger partial charge is 0.260 e. The molecule has 0 saturated carbocycles. The third kappa shape index (κ3) is 4.61. The monoisotopic (exact) mass is 451 g/mol. The maximum atomic E-state index is 13.1. The number of benzene rings is 1. The van der Waals surface area contributed by atoms with Crippen LogP contribution in [0.2, 0.25) is 0 Å². The van der Waals surface area contributed by atoms with Crippen molar-refractivity contribution in [2.45, 2.75) is 26.4 Å². The molecule has 2 aromatic heterocycles. The molecule has 5 rings (SSSR count). The van der Waals surface area contributed by atoms with E-state index in [4.69, 9.17) is 9.47 Å². The molecule has 3 aromatic rings. The molecule has 1 atom stereocenters. The Kier molecular flexibility index (Phi) is 6.72. The van der Waals surface area contributed by atoms with E-state index >= 15 is 0 Å². The first-order valence-corrected chi connectivity index (χ1v) is 10.7. The Hall–Kier alpha value is -2.96. The molecule has 0 spiro atoms. The fourth-order valence-corrected chi connectivity index (χ4v) is 4.17. The van der Waals surface area contributed by atoms with Gasteiger partial charge in [0.15, 0.2) is 0 Å². The lowest BCUT2D eigenvalue weighted by Crippen LogP contribution is -2.23. The molecular formula is C25H26ClN3O3. The van der Waals surface area contributed by atoms with Crippen molar-refractivity contribution in [2.75, 3.05) is 19.8 Å². The number of hydrogen-bond acceptors (Lipinski definition) is 5. The van der Waals surface area contributed by atoms with Gasteiger partial charge in [-0.2, -0.15) is 0 Å². The lowest BCUT2D eigenvalue weighted by Gasteiger charge is -2.16. The van der Waals surface area contributed by atoms with Crippen LogP contribution in [0.4, 0.5) is 0 Å². The number of ether oxygens (including phenoxy) is 2. The number of carbonyl (C=O) groups is 1. The Morgan fingerprint density at radius 3 is 2.66 bits per heavy atom. The lowest BCUT2D eigenvalue weighted by atomic mass is 10.0. The third-order valence-electron chi connectivity index (χ3n) is 5.90. The first-order chi connectivity index (χ1) is 15.2. The quantitative estimate of drug-likeness (QED) is 0.554. The zero-order chi connectivity index (χ0) is 21.2. The van der Waals surface area contributed by atoms with Gasteiger partial charge in [0.2, 0.25) is 5.88 Å². The summed E-state index contributed by atoms with van der Waals surface area (Å²) in [6, 6.07) is 14.3. The zero-order valence-electron chi connectivity index (χ0n) is 18.0. The van der Waals surface area contributed by atoms with Gasteiger partial charge in [-0.1, -0.05) is 24.3 Å². The summed E-state index contributed by atoms with van der Waals surface area (Å²) >= 11 is 0. The predicted octanol–water partition coefficient (Wildman–Crippen LogP) is 4.45. The minimum Gasteiger partial charge on any atom is -0.477 e. The van der Waals surface area contributed by atoms with Crippen molar-refractivity contribution in [3.63, 3.8) is 0 Å². The van der Waals surface area contributed by atoms with Gasteiger partial charge in [0.05, 0.1) is 13.2 Å². The minimum atomic E-state index is -0.0189. The van der Waals surface area contributed by atoms with Crippen LogP contribution in [0, 0.1) is 12.8 Å². The van der Waals surface area contributed by atoms with Crippen LogP contribution in [0.5, 0.6) is 5.88 Å². The molecule has 0 N–H and O–H groups in total. The van der Waals surface area contributed by atoms with Crippen LogP contribution in [0.15, 0.2) is 54.9 Å². The average molecular weight is 452 g/mol. The number of aromatic nitrogens is 2. The fraction of sp³-hybridized carbons (Fsp3) is 0.320. The first-order valence-electron chi connectivity index (χ1n) is 10.7. The van der Waals surface area contributed by atoms with E-state index in [-0.39, 0.29) is 18.3 Å². The van der Waals surface area contributed by atoms with Crippen LogP contribution < -0.4 is 4.74 Å². The molecule has 6 nitrogen and oxygen atoms in total. The molecule has 166 valence electrons. The summed E-state index contributed by atoms with van der Waals surface area (Å²) in [5.74, 6) is 0.794.